The molecule has 1 N–H and O–H groups in total. The van der Waals surface area contributed by atoms with Crippen molar-refractivity contribution >= 4 is 5.97 Å². The smallest absolute Gasteiger partial charge is 0.343 e. The maximum atomic E-state index is 10.8. The Labute approximate surface area is 94.8 Å². The normalized spacial score (nSPS) is 11.9. The van der Waals surface area contributed by atoms with Crippen LogP contribution in [-0.2, 0) is 16.0 Å². The van der Waals surface area contributed by atoms with Crippen LogP contribution < -0.4 is 4.74 Å². The van der Waals surface area contributed by atoms with Crippen LogP contribution in [0.2, 0.25) is 0 Å². The number of carbonyl (C=O) groups excluding carboxylic acids is 1. The second-order valence-electron chi connectivity index (χ2n) is 3.56. The molecule has 0 radical (unpaired) electrons. The molecule has 4 nitrogen and oxygen atoms in total. The second-order valence-corrected chi connectivity index (χ2v) is 3.56. The molecule has 1 rings (SSSR count). The van der Waals surface area contributed by atoms with Crippen LogP contribution in [0.1, 0.15) is 12.5 Å². The van der Waals surface area contributed by atoms with E-state index in [2.05, 4.69) is 4.74 Å². The fraction of sp³-hybridized carbons (Fsp3) is 0.417. The summed E-state index contributed by atoms with van der Waals surface area (Å²) in [7, 11) is 1.32. The minimum Gasteiger partial charge on any atom is -0.482 e. The summed E-state index contributed by atoms with van der Waals surface area (Å²) in [5, 5.41) is 9.19. The minimum absolute atomic E-state index is 0.0910. The van der Waals surface area contributed by atoms with Crippen molar-refractivity contribution in [2.75, 3.05) is 13.7 Å². The molecular formula is C12H16O4. The van der Waals surface area contributed by atoms with Gasteiger partial charge in [0.2, 0.25) is 0 Å². The Morgan fingerprint density at radius 3 is 2.50 bits per heavy atom. The Hall–Kier alpha value is -1.55. The number of carbonyl (C=O) groups is 1. The molecule has 1 unspecified atom stereocenters. The first kappa shape index (κ1) is 12.5. The summed E-state index contributed by atoms with van der Waals surface area (Å²) < 4.78 is 9.63. The average Bonchev–Trinajstić information content (AvgIpc) is 2.27. The van der Waals surface area contributed by atoms with Gasteiger partial charge in [0.25, 0.3) is 0 Å². The second kappa shape index (κ2) is 6.12. The fourth-order valence-electron chi connectivity index (χ4n) is 1.26. The Morgan fingerprint density at radius 1 is 1.38 bits per heavy atom. The van der Waals surface area contributed by atoms with Crippen LogP contribution in [0, 0.1) is 0 Å². The number of hydrogen-bond donors (Lipinski definition) is 1. The van der Waals surface area contributed by atoms with Crippen molar-refractivity contribution in [3.8, 4) is 5.75 Å². The molecule has 16 heavy (non-hydrogen) atoms. The molecule has 88 valence electrons. The highest BCUT2D eigenvalue weighted by Gasteiger charge is 2.02. The van der Waals surface area contributed by atoms with Crippen LogP contribution >= 0.6 is 0 Å². The summed E-state index contributed by atoms with van der Waals surface area (Å²) in [6.07, 6.45) is 0.249. The lowest BCUT2D eigenvalue weighted by Gasteiger charge is -2.07. The maximum Gasteiger partial charge on any atom is 0.343 e. The van der Waals surface area contributed by atoms with E-state index in [0.29, 0.717) is 12.2 Å². The molecule has 0 aliphatic rings. The molecule has 0 fully saturated rings. The molecule has 0 amide bonds. The standard InChI is InChI=1S/C12H16O4/c1-9(13)7-10-3-5-11(6-4-10)16-8-12(14)15-2/h3-6,9,13H,7-8H2,1-2H3. The van der Waals surface area contributed by atoms with Gasteiger partial charge in [0, 0.05) is 0 Å². The lowest BCUT2D eigenvalue weighted by Crippen LogP contribution is -2.12. The summed E-state index contributed by atoms with van der Waals surface area (Å²) in [5.41, 5.74) is 1.03. The average molecular weight is 224 g/mol. The third-order valence-corrected chi connectivity index (χ3v) is 2.04. The van der Waals surface area contributed by atoms with Crippen molar-refractivity contribution in [1.82, 2.24) is 0 Å². The van der Waals surface area contributed by atoms with Crippen molar-refractivity contribution in [3.63, 3.8) is 0 Å². The molecule has 0 saturated carbocycles. The van der Waals surface area contributed by atoms with Crippen molar-refractivity contribution in [2.24, 2.45) is 0 Å². The quantitative estimate of drug-likeness (QED) is 0.762. The van der Waals surface area contributed by atoms with Gasteiger partial charge in [-0.15, -0.1) is 0 Å². The number of aliphatic hydroxyl groups is 1. The van der Waals surface area contributed by atoms with Crippen LogP contribution in [0.3, 0.4) is 0 Å². The predicted octanol–water partition coefficient (Wildman–Crippen LogP) is 1.16. The van der Waals surface area contributed by atoms with Crippen LogP contribution in [0.25, 0.3) is 0 Å². The van der Waals surface area contributed by atoms with Crippen molar-refractivity contribution in [1.29, 1.82) is 0 Å². The van der Waals surface area contributed by atoms with Gasteiger partial charge in [-0.25, -0.2) is 4.79 Å². The lowest BCUT2D eigenvalue weighted by atomic mass is 10.1. The fourth-order valence-corrected chi connectivity index (χ4v) is 1.26. The third kappa shape index (κ3) is 4.31. The Kier molecular flexibility index (Phi) is 4.79. The minimum atomic E-state index is -0.409. The molecule has 0 spiro atoms. The Morgan fingerprint density at radius 2 is 2.00 bits per heavy atom. The highest BCUT2D eigenvalue weighted by Crippen LogP contribution is 2.13. The van der Waals surface area contributed by atoms with E-state index in [0.717, 1.165) is 5.56 Å². The van der Waals surface area contributed by atoms with Gasteiger partial charge in [-0.05, 0) is 31.0 Å². The molecule has 0 heterocycles. The van der Waals surface area contributed by atoms with Crippen molar-refractivity contribution < 1.29 is 19.4 Å². The van der Waals surface area contributed by atoms with Crippen molar-refractivity contribution in [3.05, 3.63) is 29.8 Å². The molecule has 0 aromatic heterocycles. The predicted molar refractivity (Wildman–Crippen MR) is 59.3 cm³/mol. The molecule has 1 atom stereocenters. The van der Waals surface area contributed by atoms with Gasteiger partial charge in [-0.1, -0.05) is 12.1 Å². The zero-order valence-corrected chi connectivity index (χ0v) is 9.47. The highest BCUT2D eigenvalue weighted by atomic mass is 16.6. The summed E-state index contributed by atoms with van der Waals surface area (Å²) >= 11 is 0. The van der Waals surface area contributed by atoms with E-state index in [1.165, 1.54) is 7.11 Å². The first-order chi connectivity index (χ1) is 7.61. The molecule has 0 bridgehead atoms. The first-order valence-electron chi connectivity index (χ1n) is 5.08. The highest BCUT2D eigenvalue weighted by molar-refractivity contribution is 5.70. The van der Waals surface area contributed by atoms with Gasteiger partial charge in [-0.2, -0.15) is 0 Å². The summed E-state index contributed by atoms with van der Waals surface area (Å²) in [6.45, 7) is 1.65. The first-order valence-corrected chi connectivity index (χ1v) is 5.08. The van der Waals surface area contributed by atoms with Gasteiger partial charge >= 0.3 is 5.97 Å². The van der Waals surface area contributed by atoms with Crippen LogP contribution in [0.15, 0.2) is 24.3 Å². The molecule has 1 aromatic carbocycles. The van der Waals surface area contributed by atoms with E-state index in [-0.39, 0.29) is 12.7 Å². The van der Waals surface area contributed by atoms with Crippen LogP contribution in [0.4, 0.5) is 0 Å². The summed E-state index contributed by atoms with van der Waals surface area (Å²) in [6, 6.07) is 7.25. The number of benzene rings is 1. The Bertz CT molecular complexity index is 329. The summed E-state index contributed by atoms with van der Waals surface area (Å²) in [4.78, 5) is 10.8. The molecule has 0 saturated heterocycles. The number of aliphatic hydroxyl groups excluding tert-OH is 1. The number of ether oxygens (including phenoxy) is 2. The van der Waals surface area contributed by atoms with Crippen molar-refractivity contribution in [2.45, 2.75) is 19.4 Å². The molecule has 4 heteroatoms. The lowest BCUT2D eigenvalue weighted by molar-refractivity contribution is -0.142. The van der Waals surface area contributed by atoms with E-state index in [9.17, 15) is 9.90 Å². The van der Waals surface area contributed by atoms with Gasteiger partial charge in [-0.3, -0.25) is 0 Å². The Balaban J connectivity index is 2.48. The van der Waals surface area contributed by atoms with Crippen LogP contribution in [0.5, 0.6) is 5.75 Å². The maximum absolute atomic E-state index is 10.8. The van der Waals surface area contributed by atoms with E-state index in [4.69, 9.17) is 4.74 Å². The van der Waals surface area contributed by atoms with Gasteiger partial charge in [0.05, 0.1) is 13.2 Å². The zero-order chi connectivity index (χ0) is 12.0. The number of methoxy groups -OCH3 is 1. The van der Waals surface area contributed by atoms with Gasteiger partial charge in [0.1, 0.15) is 5.75 Å². The van der Waals surface area contributed by atoms with E-state index < -0.39 is 5.97 Å². The van der Waals surface area contributed by atoms with E-state index in [1.54, 1.807) is 19.1 Å². The molecule has 1 aromatic rings. The zero-order valence-electron chi connectivity index (χ0n) is 9.47. The topological polar surface area (TPSA) is 55.8 Å². The van der Waals surface area contributed by atoms with E-state index >= 15 is 0 Å². The molecule has 0 aliphatic heterocycles. The third-order valence-electron chi connectivity index (χ3n) is 2.04. The summed E-state index contributed by atoms with van der Waals surface area (Å²) in [5.74, 6) is 0.202. The molecular weight excluding hydrogens is 208 g/mol. The number of hydrogen-bond acceptors (Lipinski definition) is 4. The number of esters is 1. The van der Waals surface area contributed by atoms with Crippen LogP contribution in [-0.4, -0.2) is 30.9 Å². The largest absolute Gasteiger partial charge is 0.482 e. The SMILES string of the molecule is COC(=O)COc1ccc(CC(C)O)cc1. The molecule has 0 aliphatic carbocycles. The monoisotopic (exact) mass is 224 g/mol. The van der Waals surface area contributed by atoms with Gasteiger partial charge in [0.15, 0.2) is 6.61 Å². The number of rotatable bonds is 5. The van der Waals surface area contributed by atoms with Gasteiger partial charge < -0.3 is 14.6 Å². The van der Waals surface area contributed by atoms with E-state index in [1.807, 2.05) is 12.1 Å².